The summed E-state index contributed by atoms with van der Waals surface area (Å²) in [6, 6.07) is 10.6. The summed E-state index contributed by atoms with van der Waals surface area (Å²) < 4.78 is 0. The molecule has 0 N–H and O–H groups in total. The Labute approximate surface area is 244 Å². The van der Waals surface area contributed by atoms with Gasteiger partial charge >= 0.3 is 0 Å². The fourth-order valence-corrected chi connectivity index (χ4v) is 6.37. The highest BCUT2D eigenvalue weighted by molar-refractivity contribution is 5.55. The first-order valence-electron chi connectivity index (χ1n) is 16.7. The molecule has 6 atom stereocenters. The predicted octanol–water partition coefficient (Wildman–Crippen LogP) is 13.1. The summed E-state index contributed by atoms with van der Waals surface area (Å²) in [5.41, 5.74) is 12.6. The molecule has 0 aliphatic heterocycles. The fourth-order valence-electron chi connectivity index (χ4n) is 6.37. The molecule has 0 saturated carbocycles. The number of benzene rings is 2. The SMILES string of the molecule is CCC(C)c1cc(C(C)CC)c(C(C)(C)c2cc(C(C)CC)c(C(C)CC)cc2C(C)CC)cc1C(C)CC. The third-order valence-corrected chi connectivity index (χ3v) is 10.7. The van der Waals surface area contributed by atoms with Gasteiger partial charge in [0.05, 0.1) is 0 Å². The van der Waals surface area contributed by atoms with Crippen molar-refractivity contribution in [2.45, 2.75) is 176 Å². The van der Waals surface area contributed by atoms with Gasteiger partial charge in [0.15, 0.2) is 0 Å². The summed E-state index contributed by atoms with van der Waals surface area (Å²) in [7, 11) is 0. The Bertz CT molecular complexity index is 971. The second kappa shape index (κ2) is 14.4. The summed E-state index contributed by atoms with van der Waals surface area (Å²) in [5.74, 6) is 3.44. The molecule has 0 nitrogen and oxygen atoms in total. The molecular formula is C39H64. The van der Waals surface area contributed by atoms with Crippen LogP contribution in [0.1, 0.15) is 215 Å². The first kappa shape index (κ1) is 33.6. The van der Waals surface area contributed by atoms with E-state index in [-0.39, 0.29) is 5.41 Å². The minimum absolute atomic E-state index is 0.0656. The smallest absolute Gasteiger partial charge is 0.0152 e. The van der Waals surface area contributed by atoms with Crippen molar-refractivity contribution in [3.63, 3.8) is 0 Å². The number of rotatable bonds is 14. The Kier molecular flexibility index (Phi) is 12.4. The third-order valence-electron chi connectivity index (χ3n) is 10.7. The second-order valence-corrected chi connectivity index (χ2v) is 13.6. The molecule has 0 bridgehead atoms. The normalized spacial score (nSPS) is 17.0. The topological polar surface area (TPSA) is 0 Å². The van der Waals surface area contributed by atoms with Gasteiger partial charge in [-0.3, -0.25) is 0 Å². The van der Waals surface area contributed by atoms with E-state index in [1.807, 2.05) is 0 Å². The van der Waals surface area contributed by atoms with Crippen LogP contribution in [0.3, 0.4) is 0 Å². The molecule has 0 aliphatic rings. The van der Waals surface area contributed by atoms with E-state index in [2.05, 4.69) is 121 Å². The summed E-state index contributed by atoms with van der Waals surface area (Å²) in [6.45, 7) is 33.8. The van der Waals surface area contributed by atoms with Gasteiger partial charge in [0, 0.05) is 5.41 Å². The van der Waals surface area contributed by atoms with Gasteiger partial charge in [0.1, 0.15) is 0 Å². The summed E-state index contributed by atoms with van der Waals surface area (Å²) in [5, 5.41) is 0. The van der Waals surface area contributed by atoms with Crippen molar-refractivity contribution in [3.8, 4) is 0 Å². The van der Waals surface area contributed by atoms with Crippen LogP contribution < -0.4 is 0 Å². The summed E-state index contributed by atoms with van der Waals surface area (Å²) in [4.78, 5) is 0. The summed E-state index contributed by atoms with van der Waals surface area (Å²) >= 11 is 0. The quantitative estimate of drug-likeness (QED) is 0.227. The van der Waals surface area contributed by atoms with Crippen molar-refractivity contribution in [3.05, 3.63) is 68.8 Å². The van der Waals surface area contributed by atoms with Crippen LogP contribution in [0.25, 0.3) is 0 Å². The average Bonchev–Trinajstić information content (AvgIpc) is 2.96. The Hall–Kier alpha value is -1.56. The van der Waals surface area contributed by atoms with Gasteiger partial charge in [0.2, 0.25) is 0 Å². The minimum Gasteiger partial charge on any atom is -0.0648 e. The first-order valence-corrected chi connectivity index (χ1v) is 16.7. The molecule has 2 rings (SSSR count). The molecule has 0 spiro atoms. The molecule has 0 heteroatoms. The van der Waals surface area contributed by atoms with E-state index >= 15 is 0 Å². The predicted molar refractivity (Wildman–Crippen MR) is 177 cm³/mol. The highest BCUT2D eigenvalue weighted by Gasteiger charge is 2.34. The maximum Gasteiger partial charge on any atom is 0.0152 e. The molecule has 0 saturated heterocycles. The molecule has 2 aromatic rings. The van der Waals surface area contributed by atoms with Crippen molar-refractivity contribution in [2.75, 3.05) is 0 Å². The van der Waals surface area contributed by atoms with E-state index in [0.717, 1.165) is 0 Å². The van der Waals surface area contributed by atoms with Crippen molar-refractivity contribution in [1.82, 2.24) is 0 Å². The largest absolute Gasteiger partial charge is 0.0648 e. The van der Waals surface area contributed by atoms with Crippen LogP contribution in [0.15, 0.2) is 24.3 Å². The standard InChI is InChI=1S/C39H64/c1-15-25(7)31-21-35(29(11)19-5)37(23-33(31)27(9)17-3)39(13,14)38-24-34(28(10)18-4)32(26(8)16-2)22-36(38)30(12)20-6/h21-30H,15-20H2,1-14H3. The molecule has 6 unspecified atom stereocenters. The Morgan fingerprint density at radius 3 is 0.821 bits per heavy atom. The zero-order valence-corrected chi connectivity index (χ0v) is 28.5. The molecule has 0 radical (unpaired) electrons. The van der Waals surface area contributed by atoms with Crippen LogP contribution in [0.4, 0.5) is 0 Å². The van der Waals surface area contributed by atoms with Crippen LogP contribution in [0.2, 0.25) is 0 Å². The van der Waals surface area contributed by atoms with Gasteiger partial charge in [-0.25, -0.2) is 0 Å². The van der Waals surface area contributed by atoms with Crippen molar-refractivity contribution in [1.29, 1.82) is 0 Å². The fraction of sp³-hybridized carbons (Fsp3) is 0.692. The van der Waals surface area contributed by atoms with E-state index < -0.39 is 0 Å². The first-order chi connectivity index (χ1) is 18.3. The molecule has 0 aromatic heterocycles. The molecule has 0 amide bonds. The number of hydrogen-bond donors (Lipinski definition) is 0. The van der Waals surface area contributed by atoms with Crippen LogP contribution in [0.5, 0.6) is 0 Å². The van der Waals surface area contributed by atoms with Gasteiger partial charge < -0.3 is 0 Å². The van der Waals surface area contributed by atoms with E-state index in [1.165, 1.54) is 38.5 Å². The van der Waals surface area contributed by atoms with Crippen molar-refractivity contribution >= 4 is 0 Å². The molecule has 220 valence electrons. The van der Waals surface area contributed by atoms with Gasteiger partial charge in [-0.15, -0.1) is 0 Å². The molecular weight excluding hydrogens is 468 g/mol. The lowest BCUT2D eigenvalue weighted by Gasteiger charge is -2.37. The number of hydrogen-bond acceptors (Lipinski definition) is 0. The van der Waals surface area contributed by atoms with Gasteiger partial charge in [-0.2, -0.15) is 0 Å². The lowest BCUT2D eigenvalue weighted by atomic mass is 9.67. The molecule has 39 heavy (non-hydrogen) atoms. The molecule has 0 heterocycles. The van der Waals surface area contributed by atoms with Crippen molar-refractivity contribution in [2.24, 2.45) is 0 Å². The monoisotopic (exact) mass is 533 g/mol. The minimum atomic E-state index is -0.0656. The zero-order chi connectivity index (χ0) is 29.7. The third kappa shape index (κ3) is 7.02. The van der Waals surface area contributed by atoms with E-state index in [4.69, 9.17) is 0 Å². The maximum atomic E-state index is 2.67. The average molecular weight is 533 g/mol. The van der Waals surface area contributed by atoms with Crippen molar-refractivity contribution < 1.29 is 0 Å². The molecule has 2 aromatic carbocycles. The lowest BCUT2D eigenvalue weighted by molar-refractivity contribution is 0.579. The highest BCUT2D eigenvalue weighted by Crippen LogP contribution is 2.46. The summed E-state index contributed by atoms with van der Waals surface area (Å²) in [6.07, 6.45) is 7.11. The Balaban J connectivity index is 3.05. The van der Waals surface area contributed by atoms with Gasteiger partial charge in [0.25, 0.3) is 0 Å². The Morgan fingerprint density at radius 1 is 0.385 bits per heavy atom. The lowest BCUT2D eigenvalue weighted by Crippen LogP contribution is -2.26. The Morgan fingerprint density at radius 2 is 0.590 bits per heavy atom. The zero-order valence-electron chi connectivity index (χ0n) is 28.5. The molecule has 0 fully saturated rings. The van der Waals surface area contributed by atoms with Crippen LogP contribution in [0, 0.1) is 0 Å². The highest BCUT2D eigenvalue weighted by atomic mass is 14.4. The van der Waals surface area contributed by atoms with Crippen LogP contribution in [-0.2, 0) is 5.41 Å². The van der Waals surface area contributed by atoms with Crippen LogP contribution in [-0.4, -0.2) is 0 Å². The molecule has 0 aliphatic carbocycles. The maximum absolute atomic E-state index is 2.67. The van der Waals surface area contributed by atoms with E-state index in [1.54, 1.807) is 44.5 Å². The second-order valence-electron chi connectivity index (χ2n) is 13.6. The van der Waals surface area contributed by atoms with Gasteiger partial charge in [-0.05, 0) is 119 Å². The van der Waals surface area contributed by atoms with Gasteiger partial charge in [-0.1, -0.05) is 121 Å². The van der Waals surface area contributed by atoms with E-state index in [9.17, 15) is 0 Å². The van der Waals surface area contributed by atoms with Crippen LogP contribution >= 0.6 is 0 Å². The van der Waals surface area contributed by atoms with E-state index in [0.29, 0.717) is 35.5 Å².